The van der Waals surface area contributed by atoms with Gasteiger partial charge in [0.05, 0.1) is 23.8 Å². The van der Waals surface area contributed by atoms with Crippen molar-refractivity contribution in [3.05, 3.63) is 89.2 Å². The van der Waals surface area contributed by atoms with E-state index in [1.54, 1.807) is 0 Å². The molecule has 0 radical (unpaired) electrons. The van der Waals surface area contributed by atoms with E-state index in [1.807, 2.05) is 30.3 Å². The topological polar surface area (TPSA) is 72.6 Å². The summed E-state index contributed by atoms with van der Waals surface area (Å²) in [4.78, 5) is 27.8. The van der Waals surface area contributed by atoms with Gasteiger partial charge in [0, 0.05) is 17.1 Å². The first-order chi connectivity index (χ1) is 17.1. The number of halogens is 5. The highest BCUT2D eigenvalue weighted by atomic mass is 35.5. The largest absolute Gasteiger partial charge is 0.573 e. The van der Waals surface area contributed by atoms with Gasteiger partial charge in [-0.1, -0.05) is 42.5 Å². The van der Waals surface area contributed by atoms with Gasteiger partial charge in [-0.3, -0.25) is 9.59 Å². The predicted octanol–water partition coefficient (Wildman–Crippen LogP) is 5.93. The molecular formula is C26H23ClF4N2O3S. The molecule has 0 saturated carbocycles. The van der Waals surface area contributed by atoms with E-state index >= 15 is 0 Å². The molecule has 1 amide bonds. The summed E-state index contributed by atoms with van der Waals surface area (Å²) in [6, 6.07) is 16.1. The molecule has 0 spiro atoms. The molecule has 11 heteroatoms. The lowest BCUT2D eigenvalue weighted by Gasteiger charge is -2.25. The van der Waals surface area contributed by atoms with E-state index in [1.165, 1.54) is 40.9 Å². The number of carbonyl (C=O) groups is 2. The fraction of sp³-hybridized carbons (Fsp3) is 0.231. The maximum atomic E-state index is 14.9. The molecule has 1 aliphatic rings. The maximum absolute atomic E-state index is 14.9. The molecule has 2 N–H and O–H groups in total. The van der Waals surface area contributed by atoms with Crippen LogP contribution in [0.5, 0.6) is 5.75 Å². The van der Waals surface area contributed by atoms with Crippen molar-refractivity contribution < 1.29 is 31.9 Å². The summed E-state index contributed by atoms with van der Waals surface area (Å²) in [6.45, 7) is -0.0321. The molecule has 0 saturated heterocycles. The summed E-state index contributed by atoms with van der Waals surface area (Å²) in [6.07, 6.45) is -4.30. The Morgan fingerprint density at radius 2 is 1.73 bits per heavy atom. The number of amides is 1. The number of hydrogen-bond acceptors (Lipinski definition) is 5. The van der Waals surface area contributed by atoms with Gasteiger partial charge in [0.25, 0.3) is 0 Å². The van der Waals surface area contributed by atoms with Crippen LogP contribution in [0.25, 0.3) is 0 Å². The minimum Gasteiger partial charge on any atom is -0.406 e. The quantitative estimate of drug-likeness (QED) is 0.290. The van der Waals surface area contributed by atoms with Crippen molar-refractivity contribution in [3.63, 3.8) is 0 Å². The lowest BCUT2D eigenvalue weighted by atomic mass is 10.0. The summed E-state index contributed by atoms with van der Waals surface area (Å²) in [5, 5.41) is 0. The summed E-state index contributed by atoms with van der Waals surface area (Å²) in [7, 11) is 0. The Hall–Kier alpha value is -3.08. The zero-order chi connectivity index (χ0) is 25.9. The number of benzene rings is 3. The summed E-state index contributed by atoms with van der Waals surface area (Å²) in [5.74, 6) is -1.71. The Balaban J connectivity index is 0.00000380. The Morgan fingerprint density at radius 3 is 2.38 bits per heavy atom. The smallest absolute Gasteiger partial charge is 0.406 e. The van der Waals surface area contributed by atoms with Crippen LogP contribution in [-0.2, 0) is 17.8 Å². The van der Waals surface area contributed by atoms with Crippen molar-refractivity contribution >= 4 is 41.5 Å². The molecule has 4 rings (SSSR count). The fourth-order valence-electron chi connectivity index (χ4n) is 3.83. The first kappa shape index (κ1) is 28.5. The average Bonchev–Trinajstić information content (AvgIpc) is 2.95. The minimum atomic E-state index is -4.82. The Labute approximate surface area is 221 Å². The lowest BCUT2D eigenvalue weighted by Crippen LogP contribution is -2.44. The highest BCUT2D eigenvalue weighted by Crippen LogP contribution is 2.37. The Kier molecular flexibility index (Phi) is 9.22. The van der Waals surface area contributed by atoms with Gasteiger partial charge in [-0.25, -0.2) is 4.39 Å². The highest BCUT2D eigenvalue weighted by molar-refractivity contribution is 7.99. The van der Waals surface area contributed by atoms with Crippen molar-refractivity contribution in [1.29, 1.82) is 0 Å². The first-order valence-corrected chi connectivity index (χ1v) is 12.0. The van der Waals surface area contributed by atoms with Crippen LogP contribution in [0.2, 0.25) is 0 Å². The van der Waals surface area contributed by atoms with Crippen molar-refractivity contribution in [1.82, 2.24) is 0 Å². The molecule has 37 heavy (non-hydrogen) atoms. The SMILES string of the molecule is Cl.N[C@H]1CSc2cc(F)c(C(=O)CCc3ccccc3)cc2N(Cc2ccc(OC(F)(F)F)cc2)C1=O. The Morgan fingerprint density at radius 1 is 1.05 bits per heavy atom. The molecule has 0 aliphatic carbocycles. The Bertz CT molecular complexity index is 1260. The third-order valence-corrected chi connectivity index (χ3v) is 6.79. The summed E-state index contributed by atoms with van der Waals surface area (Å²) >= 11 is 1.21. The number of carbonyl (C=O) groups excluding carboxylic acids is 2. The molecule has 1 heterocycles. The summed E-state index contributed by atoms with van der Waals surface area (Å²) in [5.41, 5.74) is 7.67. The molecule has 0 fully saturated rings. The fourth-order valence-corrected chi connectivity index (χ4v) is 4.84. The van der Waals surface area contributed by atoms with E-state index in [2.05, 4.69) is 4.74 Å². The van der Waals surface area contributed by atoms with E-state index < -0.39 is 35.7 Å². The van der Waals surface area contributed by atoms with Crippen LogP contribution in [0, 0.1) is 5.82 Å². The maximum Gasteiger partial charge on any atom is 0.573 e. The monoisotopic (exact) mass is 554 g/mol. The van der Waals surface area contributed by atoms with E-state index in [0.717, 1.165) is 17.7 Å². The van der Waals surface area contributed by atoms with E-state index in [9.17, 15) is 27.2 Å². The van der Waals surface area contributed by atoms with Crippen LogP contribution in [0.4, 0.5) is 23.2 Å². The standard InChI is InChI=1S/C26H22F4N2O3S.ClH/c27-20-13-24-22(12-19(20)23(33)11-8-16-4-2-1-3-5-16)32(25(34)21(31)15-36-24)14-17-6-9-18(10-7-17)35-26(28,29)30;/h1-7,9-10,12-13,21H,8,11,14-15,31H2;1H/t21-;/m0./s1. The van der Waals surface area contributed by atoms with E-state index in [-0.39, 0.29) is 36.7 Å². The number of anilines is 1. The van der Waals surface area contributed by atoms with E-state index in [0.29, 0.717) is 22.6 Å². The van der Waals surface area contributed by atoms with Crippen molar-refractivity contribution in [2.45, 2.75) is 36.7 Å². The summed E-state index contributed by atoms with van der Waals surface area (Å²) < 4.78 is 56.2. The zero-order valence-electron chi connectivity index (χ0n) is 19.3. The van der Waals surface area contributed by atoms with Crippen LogP contribution in [0.1, 0.15) is 27.9 Å². The molecule has 5 nitrogen and oxygen atoms in total. The molecular weight excluding hydrogens is 532 g/mol. The number of alkyl halides is 3. The van der Waals surface area contributed by atoms with Crippen LogP contribution < -0.4 is 15.4 Å². The lowest BCUT2D eigenvalue weighted by molar-refractivity contribution is -0.274. The number of fused-ring (bicyclic) bond motifs is 1. The third-order valence-electron chi connectivity index (χ3n) is 5.62. The van der Waals surface area contributed by atoms with Gasteiger partial charge in [0.2, 0.25) is 5.91 Å². The van der Waals surface area contributed by atoms with E-state index in [4.69, 9.17) is 5.73 Å². The number of hydrogen-bond donors (Lipinski definition) is 1. The number of nitrogens with two attached hydrogens (primary N) is 1. The van der Waals surface area contributed by atoms with Crippen LogP contribution in [0.15, 0.2) is 71.6 Å². The molecule has 1 atom stereocenters. The molecule has 0 unspecified atom stereocenters. The predicted molar refractivity (Wildman–Crippen MR) is 136 cm³/mol. The molecule has 1 aliphatic heterocycles. The zero-order valence-corrected chi connectivity index (χ0v) is 21.0. The normalized spacial score (nSPS) is 15.4. The highest BCUT2D eigenvalue weighted by Gasteiger charge is 2.32. The van der Waals surface area contributed by atoms with Crippen molar-refractivity contribution in [2.75, 3.05) is 10.7 Å². The van der Waals surface area contributed by atoms with Gasteiger partial charge in [-0.2, -0.15) is 0 Å². The number of rotatable bonds is 7. The number of thioether (sulfide) groups is 1. The second-order valence-electron chi connectivity index (χ2n) is 8.24. The van der Waals surface area contributed by atoms with Gasteiger partial charge >= 0.3 is 6.36 Å². The first-order valence-electron chi connectivity index (χ1n) is 11.1. The van der Waals surface area contributed by atoms with Crippen LogP contribution >= 0.6 is 24.2 Å². The van der Waals surface area contributed by atoms with Crippen LogP contribution in [-0.4, -0.2) is 29.8 Å². The molecule has 196 valence electrons. The second-order valence-corrected chi connectivity index (χ2v) is 9.30. The van der Waals surface area contributed by atoms with Gasteiger partial charge < -0.3 is 15.4 Å². The number of ether oxygens (including phenoxy) is 1. The van der Waals surface area contributed by atoms with Gasteiger partial charge in [-0.05, 0) is 41.8 Å². The van der Waals surface area contributed by atoms with Crippen molar-refractivity contribution in [3.8, 4) is 5.75 Å². The number of aryl methyl sites for hydroxylation is 1. The number of ketones is 1. The van der Waals surface area contributed by atoms with Gasteiger partial charge in [-0.15, -0.1) is 37.3 Å². The third kappa shape index (κ3) is 7.24. The second kappa shape index (κ2) is 12.0. The number of nitrogens with zero attached hydrogens (tertiary/aromatic N) is 1. The van der Waals surface area contributed by atoms with Gasteiger partial charge in [0.15, 0.2) is 5.78 Å². The average molecular weight is 555 g/mol. The molecule has 0 aromatic heterocycles. The molecule has 3 aromatic rings. The van der Waals surface area contributed by atoms with Crippen LogP contribution in [0.3, 0.4) is 0 Å². The van der Waals surface area contributed by atoms with Gasteiger partial charge in [0.1, 0.15) is 11.6 Å². The number of Topliss-reactive ketones (excluding diaryl/α,β-unsaturated/α-hetero) is 1. The molecule has 3 aromatic carbocycles. The minimum absolute atomic E-state index is 0. The molecule has 0 bridgehead atoms. The van der Waals surface area contributed by atoms with Crippen molar-refractivity contribution in [2.24, 2.45) is 5.73 Å².